The van der Waals surface area contributed by atoms with Gasteiger partial charge in [0.2, 0.25) is 0 Å². The van der Waals surface area contributed by atoms with Crippen LogP contribution in [0.2, 0.25) is 5.02 Å². The van der Waals surface area contributed by atoms with Crippen LogP contribution in [0.4, 0.5) is 17.1 Å². The summed E-state index contributed by atoms with van der Waals surface area (Å²) in [6.07, 6.45) is 1.04. The molecule has 2 rings (SSSR count). The second kappa shape index (κ2) is 9.16. The molecule has 0 atom stereocenters. The van der Waals surface area contributed by atoms with Crippen LogP contribution in [0.25, 0.3) is 0 Å². The first-order valence-electron chi connectivity index (χ1n) is 7.73. The molecule has 0 unspecified atom stereocenters. The lowest BCUT2D eigenvalue weighted by Gasteiger charge is -2.07. The summed E-state index contributed by atoms with van der Waals surface area (Å²) in [7, 11) is 0. The summed E-state index contributed by atoms with van der Waals surface area (Å²) in [5.41, 5.74) is 0.572. The van der Waals surface area contributed by atoms with Crippen molar-refractivity contribution >= 4 is 40.5 Å². The Hall–Kier alpha value is -3.90. The lowest BCUT2D eigenvalue weighted by molar-refractivity contribution is -0.384. The van der Waals surface area contributed by atoms with E-state index >= 15 is 0 Å². The third-order valence-electron chi connectivity index (χ3n) is 3.47. The number of nitro benzene ring substituents is 1. The SMILES string of the molecule is N#C/C(=C/Nc1ccc(CC(=O)O)cc1)C(=O)Nc1cc([N+](=O)[O-])ccc1Cl. The molecule has 0 bridgehead atoms. The number of aliphatic carboxylic acids is 1. The van der Waals surface area contributed by atoms with E-state index in [9.17, 15) is 25.0 Å². The molecule has 0 saturated carbocycles. The monoisotopic (exact) mass is 400 g/mol. The van der Waals surface area contributed by atoms with Crippen molar-refractivity contribution in [1.82, 2.24) is 0 Å². The van der Waals surface area contributed by atoms with E-state index in [-0.39, 0.29) is 28.4 Å². The number of carbonyl (C=O) groups is 2. The molecule has 9 nitrogen and oxygen atoms in total. The first-order chi connectivity index (χ1) is 13.3. The zero-order chi connectivity index (χ0) is 20.7. The summed E-state index contributed by atoms with van der Waals surface area (Å²) in [5, 5.41) is 33.9. The van der Waals surface area contributed by atoms with Gasteiger partial charge in [-0.1, -0.05) is 23.7 Å². The highest BCUT2D eigenvalue weighted by Gasteiger charge is 2.15. The molecule has 0 aliphatic heterocycles. The number of amides is 1. The Morgan fingerprint density at radius 2 is 1.93 bits per heavy atom. The van der Waals surface area contributed by atoms with Crippen LogP contribution in [-0.2, 0) is 16.0 Å². The van der Waals surface area contributed by atoms with Gasteiger partial charge in [-0.3, -0.25) is 19.7 Å². The topological polar surface area (TPSA) is 145 Å². The number of hydrogen-bond acceptors (Lipinski definition) is 6. The van der Waals surface area contributed by atoms with E-state index in [1.54, 1.807) is 30.3 Å². The average molecular weight is 401 g/mol. The van der Waals surface area contributed by atoms with Gasteiger partial charge in [0.15, 0.2) is 0 Å². The summed E-state index contributed by atoms with van der Waals surface area (Å²) in [6, 6.07) is 11.6. The van der Waals surface area contributed by atoms with Gasteiger partial charge in [0.05, 0.1) is 22.1 Å². The summed E-state index contributed by atoms with van der Waals surface area (Å²) in [6.45, 7) is 0. The van der Waals surface area contributed by atoms with Gasteiger partial charge in [0, 0.05) is 24.0 Å². The molecular formula is C18H13ClN4O5. The number of nitriles is 1. The van der Waals surface area contributed by atoms with Crippen LogP contribution < -0.4 is 10.6 Å². The fourth-order valence-electron chi connectivity index (χ4n) is 2.11. The van der Waals surface area contributed by atoms with Gasteiger partial charge in [0.1, 0.15) is 11.6 Å². The number of hydrogen-bond donors (Lipinski definition) is 3. The van der Waals surface area contributed by atoms with Gasteiger partial charge in [-0.15, -0.1) is 0 Å². The molecule has 3 N–H and O–H groups in total. The molecule has 1 amide bonds. The van der Waals surface area contributed by atoms with E-state index in [4.69, 9.17) is 16.7 Å². The fraction of sp³-hybridized carbons (Fsp3) is 0.0556. The molecule has 0 heterocycles. The van der Waals surface area contributed by atoms with Gasteiger partial charge >= 0.3 is 5.97 Å². The third kappa shape index (κ3) is 5.55. The van der Waals surface area contributed by atoms with E-state index < -0.39 is 16.8 Å². The normalized spacial score (nSPS) is 10.6. The van der Waals surface area contributed by atoms with Crippen LogP contribution in [0.15, 0.2) is 54.2 Å². The lowest BCUT2D eigenvalue weighted by atomic mass is 10.1. The number of nitrogens with one attached hydrogen (secondary N) is 2. The highest BCUT2D eigenvalue weighted by molar-refractivity contribution is 6.34. The zero-order valence-corrected chi connectivity index (χ0v) is 14.9. The second-order valence-electron chi connectivity index (χ2n) is 5.46. The summed E-state index contributed by atoms with van der Waals surface area (Å²) in [5.74, 6) is -1.76. The Bertz CT molecular complexity index is 996. The Labute approximate surface area is 164 Å². The Morgan fingerprint density at radius 3 is 2.50 bits per heavy atom. The second-order valence-corrected chi connectivity index (χ2v) is 5.86. The molecule has 0 radical (unpaired) electrons. The van der Waals surface area contributed by atoms with Gasteiger partial charge in [-0.25, -0.2) is 0 Å². The van der Waals surface area contributed by atoms with E-state index in [0.29, 0.717) is 11.3 Å². The third-order valence-corrected chi connectivity index (χ3v) is 3.80. The van der Waals surface area contributed by atoms with Crippen LogP contribution >= 0.6 is 11.6 Å². The predicted molar refractivity (Wildman–Crippen MR) is 102 cm³/mol. The lowest BCUT2D eigenvalue weighted by Crippen LogP contribution is -2.15. The highest BCUT2D eigenvalue weighted by atomic mass is 35.5. The van der Waals surface area contributed by atoms with Crippen molar-refractivity contribution in [2.75, 3.05) is 10.6 Å². The molecule has 0 spiro atoms. The van der Waals surface area contributed by atoms with Crippen LogP contribution in [-0.4, -0.2) is 21.9 Å². The molecule has 28 heavy (non-hydrogen) atoms. The van der Waals surface area contributed by atoms with E-state index in [1.165, 1.54) is 12.1 Å². The maximum Gasteiger partial charge on any atom is 0.307 e. The first-order valence-corrected chi connectivity index (χ1v) is 8.11. The molecule has 0 aliphatic carbocycles. The van der Waals surface area contributed by atoms with Crippen LogP contribution in [0, 0.1) is 21.4 Å². The first kappa shape index (κ1) is 20.4. The Kier molecular flexibility index (Phi) is 6.68. The summed E-state index contributed by atoms with van der Waals surface area (Å²) < 4.78 is 0. The minimum Gasteiger partial charge on any atom is -0.481 e. The maximum atomic E-state index is 12.2. The number of nitrogens with zero attached hydrogens (tertiary/aromatic N) is 2. The van der Waals surface area contributed by atoms with Crippen molar-refractivity contribution in [3.63, 3.8) is 0 Å². The van der Waals surface area contributed by atoms with Crippen molar-refractivity contribution < 1.29 is 19.6 Å². The predicted octanol–water partition coefficient (Wildman–Crippen LogP) is 3.33. The molecule has 142 valence electrons. The van der Waals surface area contributed by atoms with Gasteiger partial charge in [-0.2, -0.15) is 5.26 Å². The zero-order valence-electron chi connectivity index (χ0n) is 14.2. The minimum atomic E-state index is -0.955. The standard InChI is InChI=1S/C18H13ClN4O5/c19-15-6-5-14(23(27)28)8-16(15)22-18(26)12(9-20)10-21-13-3-1-11(2-4-13)7-17(24)25/h1-6,8,10,21H,7H2,(H,22,26)(H,24,25)/b12-10-. The van der Waals surface area contributed by atoms with Crippen LogP contribution in [0.3, 0.4) is 0 Å². The van der Waals surface area contributed by atoms with Crippen LogP contribution in [0.5, 0.6) is 0 Å². The minimum absolute atomic E-state index is 0.0000373. The number of anilines is 2. The Balaban J connectivity index is 2.11. The summed E-state index contributed by atoms with van der Waals surface area (Å²) >= 11 is 5.92. The number of halogens is 1. The largest absolute Gasteiger partial charge is 0.481 e. The maximum absolute atomic E-state index is 12.2. The summed E-state index contributed by atoms with van der Waals surface area (Å²) in [4.78, 5) is 33.1. The van der Waals surface area contributed by atoms with Crippen molar-refractivity contribution in [2.45, 2.75) is 6.42 Å². The number of carboxylic acids is 1. The number of nitro groups is 1. The molecule has 0 aliphatic rings. The number of carbonyl (C=O) groups excluding carboxylic acids is 1. The fourth-order valence-corrected chi connectivity index (χ4v) is 2.27. The molecular weight excluding hydrogens is 388 g/mol. The van der Waals surface area contributed by atoms with Gasteiger partial charge in [0.25, 0.3) is 11.6 Å². The Morgan fingerprint density at radius 1 is 1.25 bits per heavy atom. The number of non-ortho nitro benzene ring substituents is 1. The number of benzene rings is 2. The molecule has 2 aromatic carbocycles. The van der Waals surface area contributed by atoms with Crippen molar-refractivity contribution in [3.8, 4) is 6.07 Å². The van der Waals surface area contributed by atoms with Crippen molar-refractivity contribution in [1.29, 1.82) is 5.26 Å². The quantitative estimate of drug-likeness (QED) is 0.279. The average Bonchev–Trinajstić information content (AvgIpc) is 2.64. The van der Waals surface area contributed by atoms with Gasteiger partial charge in [-0.05, 0) is 23.8 Å². The molecule has 10 heteroatoms. The molecule has 0 aromatic heterocycles. The van der Waals surface area contributed by atoms with E-state index in [0.717, 1.165) is 12.3 Å². The van der Waals surface area contributed by atoms with Gasteiger partial charge < -0.3 is 15.7 Å². The van der Waals surface area contributed by atoms with E-state index in [2.05, 4.69) is 10.6 Å². The number of rotatable bonds is 7. The molecule has 0 fully saturated rings. The smallest absolute Gasteiger partial charge is 0.307 e. The van der Waals surface area contributed by atoms with Crippen molar-refractivity contribution in [3.05, 3.63) is 74.9 Å². The number of carboxylic acid groups (broad SMARTS) is 1. The van der Waals surface area contributed by atoms with E-state index in [1.807, 2.05) is 0 Å². The van der Waals surface area contributed by atoms with Crippen molar-refractivity contribution in [2.24, 2.45) is 0 Å². The highest BCUT2D eigenvalue weighted by Crippen LogP contribution is 2.27. The van der Waals surface area contributed by atoms with Crippen LogP contribution in [0.1, 0.15) is 5.56 Å². The molecule has 2 aromatic rings. The molecule has 0 saturated heterocycles.